The lowest BCUT2D eigenvalue weighted by atomic mass is 9.81. The molecule has 0 aliphatic carbocycles. The van der Waals surface area contributed by atoms with Gasteiger partial charge in [0.2, 0.25) is 0 Å². The molecule has 2 atom stereocenters. The van der Waals surface area contributed by atoms with Crippen molar-refractivity contribution in [1.29, 1.82) is 0 Å². The van der Waals surface area contributed by atoms with Gasteiger partial charge < -0.3 is 9.47 Å². The van der Waals surface area contributed by atoms with Gasteiger partial charge in [-0.3, -0.25) is 4.98 Å². The molecule has 0 aromatic carbocycles. The van der Waals surface area contributed by atoms with E-state index in [1.54, 1.807) is 0 Å². The van der Waals surface area contributed by atoms with Crippen molar-refractivity contribution in [3.63, 3.8) is 0 Å². The summed E-state index contributed by atoms with van der Waals surface area (Å²) in [7, 11) is 2.21. The second kappa shape index (κ2) is 5.36. The van der Waals surface area contributed by atoms with Gasteiger partial charge in [0, 0.05) is 54.6 Å². The lowest BCUT2D eigenvalue weighted by molar-refractivity contribution is 0.244. The second-order valence-corrected chi connectivity index (χ2v) is 7.72. The van der Waals surface area contributed by atoms with Crippen molar-refractivity contribution in [2.24, 2.45) is 0 Å². The molecule has 25 heavy (non-hydrogen) atoms. The molecule has 2 unspecified atom stereocenters. The van der Waals surface area contributed by atoms with Gasteiger partial charge >= 0.3 is 0 Å². The fraction of sp³-hybridized carbons (Fsp3) is 0.450. The summed E-state index contributed by atoms with van der Waals surface area (Å²) >= 11 is 0. The summed E-state index contributed by atoms with van der Waals surface area (Å²) < 4.78 is 2.45. The van der Waals surface area contributed by atoms with Crippen LogP contribution in [-0.4, -0.2) is 38.0 Å². The summed E-state index contributed by atoms with van der Waals surface area (Å²) in [6.07, 6.45) is 5.13. The maximum absolute atomic E-state index is 4.84. The summed E-state index contributed by atoms with van der Waals surface area (Å²) in [6, 6.07) is 4.37. The van der Waals surface area contributed by atoms with Gasteiger partial charge in [-0.05, 0) is 38.9 Å². The summed E-state index contributed by atoms with van der Waals surface area (Å²) in [6.45, 7) is 7.14. The number of aryl methyl sites for hydroxylation is 2. The zero-order valence-corrected chi connectivity index (χ0v) is 15.0. The molecule has 3 aromatic heterocycles. The maximum Gasteiger partial charge on any atom is 0.159 e. The third-order valence-electron chi connectivity index (χ3n) is 5.74. The van der Waals surface area contributed by atoms with Gasteiger partial charge in [0.05, 0.1) is 11.9 Å². The van der Waals surface area contributed by atoms with Gasteiger partial charge in [0.1, 0.15) is 5.52 Å². The van der Waals surface area contributed by atoms with Gasteiger partial charge in [0.25, 0.3) is 0 Å². The van der Waals surface area contributed by atoms with Crippen LogP contribution in [-0.2, 0) is 13.1 Å². The molecule has 0 fully saturated rings. The topological polar surface area (TPSA) is 46.8 Å². The van der Waals surface area contributed by atoms with Gasteiger partial charge in [-0.15, -0.1) is 0 Å². The molecular weight excluding hydrogens is 310 g/mol. The number of fused-ring (bicyclic) bond motifs is 3. The first kappa shape index (κ1) is 15.0. The van der Waals surface area contributed by atoms with E-state index in [2.05, 4.69) is 39.8 Å². The fourth-order valence-corrected chi connectivity index (χ4v) is 4.66. The van der Waals surface area contributed by atoms with Crippen molar-refractivity contribution in [3.8, 4) is 0 Å². The number of hydrogen-bond acceptors (Lipinski definition) is 4. The lowest BCUT2D eigenvalue weighted by Gasteiger charge is -2.38. The molecule has 0 bridgehead atoms. The summed E-state index contributed by atoms with van der Waals surface area (Å²) in [5.41, 5.74) is 8.45. The summed E-state index contributed by atoms with van der Waals surface area (Å²) in [5.74, 6) is 1.04. The minimum atomic E-state index is 0.489. The van der Waals surface area contributed by atoms with Crippen LogP contribution in [0.4, 0.5) is 0 Å². The molecule has 2 aliphatic rings. The highest BCUT2D eigenvalue weighted by Gasteiger charge is 2.37. The van der Waals surface area contributed by atoms with Crippen molar-refractivity contribution in [2.45, 2.75) is 45.2 Å². The van der Waals surface area contributed by atoms with Crippen molar-refractivity contribution in [1.82, 2.24) is 24.4 Å². The highest BCUT2D eigenvalue weighted by molar-refractivity contribution is 5.79. The molecule has 0 saturated carbocycles. The van der Waals surface area contributed by atoms with Gasteiger partial charge in [-0.1, -0.05) is 6.07 Å². The minimum absolute atomic E-state index is 0.489. The normalized spacial score (nSPS) is 23.0. The molecule has 5 heteroatoms. The first-order valence-corrected chi connectivity index (χ1v) is 9.06. The second-order valence-electron chi connectivity index (χ2n) is 7.72. The van der Waals surface area contributed by atoms with E-state index in [0.29, 0.717) is 11.8 Å². The molecule has 128 valence electrons. The van der Waals surface area contributed by atoms with Gasteiger partial charge in [-0.25, -0.2) is 9.97 Å². The molecule has 0 spiro atoms. The van der Waals surface area contributed by atoms with Gasteiger partial charge in [0.15, 0.2) is 5.65 Å². The fourth-order valence-electron chi connectivity index (χ4n) is 4.66. The predicted molar refractivity (Wildman–Crippen MR) is 97.7 cm³/mol. The van der Waals surface area contributed by atoms with Crippen LogP contribution in [0.2, 0.25) is 0 Å². The van der Waals surface area contributed by atoms with E-state index in [-0.39, 0.29) is 0 Å². The standard InChI is InChI=1S/C20H23N5/c1-12-4-5-14(8-21-12)15-6-16-9-24(3)11-17-18-20(22-7-13(2)23-18)25(10-15)19(16)17/h4-5,7-8,15-16H,6,9-11H2,1-3H3. The van der Waals surface area contributed by atoms with E-state index in [9.17, 15) is 0 Å². The van der Waals surface area contributed by atoms with E-state index in [1.807, 2.05) is 20.0 Å². The number of aromatic nitrogens is 4. The van der Waals surface area contributed by atoms with Crippen molar-refractivity contribution < 1.29 is 0 Å². The maximum atomic E-state index is 4.84. The van der Waals surface area contributed by atoms with Crippen molar-refractivity contribution in [3.05, 3.63) is 52.7 Å². The Morgan fingerprint density at radius 2 is 1.88 bits per heavy atom. The van der Waals surface area contributed by atoms with Crippen LogP contribution >= 0.6 is 0 Å². The molecular formula is C20H23N5. The number of rotatable bonds is 1. The Morgan fingerprint density at radius 1 is 1.00 bits per heavy atom. The number of likely N-dealkylation sites (N-methyl/N-ethyl adjacent to an activating group) is 1. The SMILES string of the molecule is Cc1ccc(C2CC3CN(C)Cc4c3n(c3ncc(C)nc43)C2)cn1. The largest absolute Gasteiger partial charge is 0.327 e. The summed E-state index contributed by atoms with van der Waals surface area (Å²) in [4.78, 5) is 16.5. The highest BCUT2D eigenvalue weighted by Crippen LogP contribution is 2.44. The predicted octanol–water partition coefficient (Wildman–Crippen LogP) is 3.16. The minimum Gasteiger partial charge on any atom is -0.327 e. The van der Waals surface area contributed by atoms with Crippen LogP contribution in [0.1, 0.15) is 46.5 Å². The third-order valence-corrected chi connectivity index (χ3v) is 5.74. The lowest BCUT2D eigenvalue weighted by Crippen LogP contribution is -2.35. The monoisotopic (exact) mass is 333 g/mol. The van der Waals surface area contributed by atoms with E-state index in [4.69, 9.17) is 9.97 Å². The van der Waals surface area contributed by atoms with Crippen LogP contribution in [0.15, 0.2) is 24.5 Å². The molecule has 5 rings (SSSR count). The van der Waals surface area contributed by atoms with Crippen molar-refractivity contribution >= 4 is 11.2 Å². The molecule has 0 radical (unpaired) electrons. The molecule has 2 aliphatic heterocycles. The van der Waals surface area contributed by atoms with Crippen LogP contribution in [0.3, 0.4) is 0 Å². The number of pyridine rings is 1. The van der Waals surface area contributed by atoms with Gasteiger partial charge in [-0.2, -0.15) is 0 Å². The Morgan fingerprint density at radius 3 is 2.68 bits per heavy atom. The molecule has 0 amide bonds. The van der Waals surface area contributed by atoms with Crippen molar-refractivity contribution in [2.75, 3.05) is 13.6 Å². The third kappa shape index (κ3) is 2.29. The first-order chi connectivity index (χ1) is 12.1. The Balaban J connectivity index is 1.68. The average Bonchev–Trinajstić information content (AvgIpc) is 2.89. The van der Waals surface area contributed by atoms with Crippen LogP contribution in [0.25, 0.3) is 11.2 Å². The zero-order chi connectivity index (χ0) is 17.1. The quantitative estimate of drug-likeness (QED) is 0.686. The molecule has 5 heterocycles. The van der Waals surface area contributed by atoms with E-state index in [0.717, 1.165) is 42.2 Å². The van der Waals surface area contributed by atoms with E-state index >= 15 is 0 Å². The molecule has 0 saturated heterocycles. The van der Waals surface area contributed by atoms with Crippen LogP contribution in [0.5, 0.6) is 0 Å². The Hall–Kier alpha value is -2.27. The van der Waals surface area contributed by atoms with Crippen LogP contribution in [0, 0.1) is 13.8 Å². The summed E-state index contributed by atoms with van der Waals surface area (Å²) in [5, 5.41) is 0. The molecule has 5 nitrogen and oxygen atoms in total. The van der Waals surface area contributed by atoms with E-state index in [1.165, 1.54) is 23.2 Å². The van der Waals surface area contributed by atoms with E-state index < -0.39 is 0 Å². The number of nitrogens with zero attached hydrogens (tertiary/aromatic N) is 5. The molecule has 3 aromatic rings. The smallest absolute Gasteiger partial charge is 0.159 e. The first-order valence-electron chi connectivity index (χ1n) is 9.06. The Kier molecular flexibility index (Phi) is 3.22. The molecule has 0 N–H and O–H groups in total. The Bertz CT molecular complexity index is 956. The Labute approximate surface area is 147 Å². The van der Waals surface area contributed by atoms with Crippen LogP contribution < -0.4 is 0 Å². The average molecular weight is 333 g/mol. The zero-order valence-electron chi connectivity index (χ0n) is 15.0. The highest BCUT2D eigenvalue weighted by atomic mass is 15.2. The number of hydrogen-bond donors (Lipinski definition) is 0.